The van der Waals surface area contributed by atoms with E-state index in [0.717, 1.165) is 0 Å². The van der Waals surface area contributed by atoms with Crippen LogP contribution in [0.15, 0.2) is 18.2 Å². The molecular formula is C14H20ClFN2O. The summed E-state index contributed by atoms with van der Waals surface area (Å²) in [7, 11) is 0. The molecule has 0 radical (unpaired) electrons. The van der Waals surface area contributed by atoms with Gasteiger partial charge in [0.1, 0.15) is 5.82 Å². The Labute approximate surface area is 119 Å². The molecule has 19 heavy (non-hydrogen) atoms. The van der Waals surface area contributed by atoms with E-state index in [4.69, 9.17) is 0 Å². The first-order valence-electron chi connectivity index (χ1n) is 6.29. The van der Waals surface area contributed by atoms with Gasteiger partial charge >= 0.3 is 0 Å². The molecule has 1 aliphatic heterocycles. The van der Waals surface area contributed by atoms with Crippen LogP contribution in [-0.4, -0.2) is 36.0 Å². The van der Waals surface area contributed by atoms with E-state index < -0.39 is 0 Å². The van der Waals surface area contributed by atoms with E-state index >= 15 is 0 Å². The number of halogens is 2. The third-order valence-electron chi connectivity index (χ3n) is 3.26. The van der Waals surface area contributed by atoms with Gasteiger partial charge in [0.15, 0.2) is 0 Å². The molecule has 1 saturated heterocycles. The Balaban J connectivity index is 0.00000180. The Bertz CT molecular complexity index is 457. The molecule has 1 N–H and O–H groups in total. The number of hydrogen-bond acceptors (Lipinski definition) is 2. The third kappa shape index (κ3) is 3.67. The quantitative estimate of drug-likeness (QED) is 0.860. The molecular weight excluding hydrogens is 267 g/mol. The maximum Gasteiger partial charge on any atom is 0.254 e. The summed E-state index contributed by atoms with van der Waals surface area (Å²) in [5.41, 5.74) is 1.29. The summed E-state index contributed by atoms with van der Waals surface area (Å²) in [5, 5.41) is 3.39. The van der Waals surface area contributed by atoms with Gasteiger partial charge in [-0.15, -0.1) is 12.4 Å². The summed E-state index contributed by atoms with van der Waals surface area (Å²) >= 11 is 0. The number of nitrogens with zero attached hydrogens (tertiary/aromatic N) is 1. The maximum absolute atomic E-state index is 13.0. The molecule has 0 aliphatic carbocycles. The second-order valence-electron chi connectivity index (χ2n) is 5.14. The van der Waals surface area contributed by atoms with Crippen molar-refractivity contribution in [3.8, 4) is 0 Å². The van der Waals surface area contributed by atoms with Gasteiger partial charge < -0.3 is 10.2 Å². The molecule has 3 nitrogen and oxygen atoms in total. The molecule has 1 amide bonds. The molecule has 0 saturated carbocycles. The van der Waals surface area contributed by atoms with Crippen LogP contribution in [0.2, 0.25) is 0 Å². The predicted octanol–water partition coefficient (Wildman–Crippen LogP) is 2.38. The number of rotatable bonds is 1. The first-order valence-corrected chi connectivity index (χ1v) is 6.29. The fraction of sp³-hybridized carbons (Fsp3) is 0.500. The fourth-order valence-corrected chi connectivity index (χ4v) is 2.53. The molecule has 1 heterocycles. The van der Waals surface area contributed by atoms with Gasteiger partial charge in [-0.05, 0) is 44.5 Å². The molecule has 2 atom stereocenters. The highest BCUT2D eigenvalue weighted by molar-refractivity contribution is 5.95. The van der Waals surface area contributed by atoms with E-state index in [2.05, 4.69) is 19.2 Å². The summed E-state index contributed by atoms with van der Waals surface area (Å²) in [6.45, 7) is 7.28. The minimum absolute atomic E-state index is 0. The first-order chi connectivity index (χ1) is 8.47. The molecule has 1 aromatic carbocycles. The van der Waals surface area contributed by atoms with Crippen LogP contribution >= 0.6 is 12.4 Å². The van der Waals surface area contributed by atoms with Crippen LogP contribution in [0, 0.1) is 12.7 Å². The van der Waals surface area contributed by atoms with Gasteiger partial charge in [0.2, 0.25) is 0 Å². The SMILES string of the molecule is Cc1cc(F)ccc1C(=O)N1CC(C)NC(C)C1.Cl. The predicted molar refractivity (Wildman–Crippen MR) is 76.3 cm³/mol. The average Bonchev–Trinajstić information content (AvgIpc) is 2.26. The molecule has 1 aliphatic rings. The van der Waals surface area contributed by atoms with Crippen molar-refractivity contribution in [2.24, 2.45) is 0 Å². The van der Waals surface area contributed by atoms with Gasteiger partial charge in [-0.1, -0.05) is 0 Å². The Morgan fingerprint density at radius 1 is 1.32 bits per heavy atom. The van der Waals surface area contributed by atoms with Crippen LogP contribution in [0.1, 0.15) is 29.8 Å². The lowest BCUT2D eigenvalue weighted by atomic mass is 10.1. The first kappa shape index (κ1) is 15.9. The molecule has 0 spiro atoms. The Morgan fingerprint density at radius 2 is 1.89 bits per heavy atom. The number of carbonyl (C=O) groups is 1. The van der Waals surface area contributed by atoms with Crippen LogP contribution in [0.3, 0.4) is 0 Å². The van der Waals surface area contributed by atoms with Crippen molar-refractivity contribution in [3.05, 3.63) is 35.1 Å². The molecule has 5 heteroatoms. The zero-order valence-electron chi connectivity index (χ0n) is 11.4. The Hall–Kier alpha value is -1.13. The molecule has 0 aromatic heterocycles. The number of nitrogens with one attached hydrogen (secondary N) is 1. The van der Waals surface area contributed by atoms with Gasteiger partial charge in [0.05, 0.1) is 0 Å². The molecule has 2 rings (SSSR count). The topological polar surface area (TPSA) is 32.3 Å². The monoisotopic (exact) mass is 286 g/mol. The summed E-state index contributed by atoms with van der Waals surface area (Å²) in [6.07, 6.45) is 0. The maximum atomic E-state index is 13.0. The average molecular weight is 287 g/mol. The van der Waals surface area contributed by atoms with Crippen LogP contribution in [-0.2, 0) is 0 Å². The van der Waals surface area contributed by atoms with Crippen LogP contribution in [0.5, 0.6) is 0 Å². The summed E-state index contributed by atoms with van der Waals surface area (Å²) < 4.78 is 13.0. The summed E-state index contributed by atoms with van der Waals surface area (Å²) in [4.78, 5) is 14.2. The standard InChI is InChI=1S/C14H19FN2O.ClH/c1-9-6-12(15)4-5-13(9)14(18)17-7-10(2)16-11(3)8-17;/h4-6,10-11,16H,7-8H2,1-3H3;1H. The summed E-state index contributed by atoms with van der Waals surface area (Å²) in [5.74, 6) is -0.307. The number of hydrogen-bond donors (Lipinski definition) is 1. The highest BCUT2D eigenvalue weighted by Crippen LogP contribution is 2.15. The molecule has 106 valence electrons. The van der Waals surface area contributed by atoms with E-state index in [1.807, 2.05) is 4.90 Å². The molecule has 1 fully saturated rings. The lowest BCUT2D eigenvalue weighted by Crippen LogP contribution is -2.55. The number of carbonyl (C=O) groups excluding carboxylic acids is 1. The minimum atomic E-state index is -0.300. The second-order valence-corrected chi connectivity index (χ2v) is 5.14. The third-order valence-corrected chi connectivity index (χ3v) is 3.26. The largest absolute Gasteiger partial charge is 0.336 e. The highest BCUT2D eigenvalue weighted by atomic mass is 35.5. The van der Waals surface area contributed by atoms with E-state index in [1.165, 1.54) is 12.1 Å². The smallest absolute Gasteiger partial charge is 0.254 e. The van der Waals surface area contributed by atoms with Crippen LogP contribution in [0.4, 0.5) is 4.39 Å². The lowest BCUT2D eigenvalue weighted by Gasteiger charge is -2.36. The van der Waals surface area contributed by atoms with Gasteiger partial charge in [-0.25, -0.2) is 4.39 Å². The summed E-state index contributed by atoms with van der Waals surface area (Å²) in [6, 6.07) is 4.90. The van der Waals surface area contributed by atoms with Crippen LogP contribution < -0.4 is 5.32 Å². The normalized spacial score (nSPS) is 22.8. The van der Waals surface area contributed by atoms with E-state index in [1.54, 1.807) is 13.0 Å². The van der Waals surface area contributed by atoms with Gasteiger partial charge in [-0.2, -0.15) is 0 Å². The lowest BCUT2D eigenvalue weighted by molar-refractivity contribution is 0.0673. The van der Waals surface area contributed by atoms with E-state index in [-0.39, 0.29) is 24.1 Å². The molecule has 1 aromatic rings. The zero-order chi connectivity index (χ0) is 13.3. The van der Waals surface area contributed by atoms with Crippen molar-refractivity contribution in [2.45, 2.75) is 32.9 Å². The Kier molecular flexibility index (Phi) is 5.32. The van der Waals surface area contributed by atoms with Crippen molar-refractivity contribution in [2.75, 3.05) is 13.1 Å². The van der Waals surface area contributed by atoms with Crippen LogP contribution in [0.25, 0.3) is 0 Å². The van der Waals surface area contributed by atoms with Crippen molar-refractivity contribution in [1.82, 2.24) is 10.2 Å². The van der Waals surface area contributed by atoms with Gasteiger partial charge in [0.25, 0.3) is 5.91 Å². The number of amides is 1. The highest BCUT2D eigenvalue weighted by Gasteiger charge is 2.26. The zero-order valence-corrected chi connectivity index (χ0v) is 12.3. The van der Waals surface area contributed by atoms with Crippen molar-refractivity contribution in [3.63, 3.8) is 0 Å². The van der Waals surface area contributed by atoms with E-state index in [0.29, 0.717) is 36.3 Å². The molecule has 2 unspecified atom stereocenters. The fourth-order valence-electron chi connectivity index (χ4n) is 2.53. The van der Waals surface area contributed by atoms with Crippen molar-refractivity contribution >= 4 is 18.3 Å². The van der Waals surface area contributed by atoms with Crippen molar-refractivity contribution < 1.29 is 9.18 Å². The second kappa shape index (κ2) is 6.35. The van der Waals surface area contributed by atoms with Gasteiger partial charge in [0, 0.05) is 30.7 Å². The number of aryl methyl sites for hydroxylation is 1. The number of benzene rings is 1. The van der Waals surface area contributed by atoms with Crippen molar-refractivity contribution in [1.29, 1.82) is 0 Å². The Morgan fingerprint density at radius 3 is 2.42 bits per heavy atom. The van der Waals surface area contributed by atoms with E-state index in [9.17, 15) is 9.18 Å². The minimum Gasteiger partial charge on any atom is -0.336 e. The molecule has 0 bridgehead atoms. The number of piperazine rings is 1. The van der Waals surface area contributed by atoms with Gasteiger partial charge in [-0.3, -0.25) is 4.79 Å².